The van der Waals surface area contributed by atoms with Gasteiger partial charge in [0.25, 0.3) is 0 Å². The lowest BCUT2D eigenvalue weighted by Gasteiger charge is -2.21. The quantitative estimate of drug-likeness (QED) is 0.705. The molecule has 1 nitrogen and oxygen atoms in total. The van der Waals surface area contributed by atoms with Crippen LogP contribution in [0.25, 0.3) is 0 Å². The van der Waals surface area contributed by atoms with Crippen LogP contribution in [-0.4, -0.2) is 6.54 Å². The Bertz CT molecular complexity index is 586. The molecule has 0 aromatic heterocycles. The van der Waals surface area contributed by atoms with Crippen LogP contribution in [0.4, 0.5) is 4.39 Å². The van der Waals surface area contributed by atoms with Gasteiger partial charge in [0, 0.05) is 15.5 Å². The largest absolute Gasteiger partial charge is 0.310 e. The van der Waals surface area contributed by atoms with Crippen molar-refractivity contribution in [2.75, 3.05) is 6.54 Å². The topological polar surface area (TPSA) is 12.0 Å². The molecule has 1 N–H and O–H groups in total. The van der Waals surface area contributed by atoms with Crippen molar-refractivity contribution < 1.29 is 4.39 Å². The van der Waals surface area contributed by atoms with Crippen LogP contribution in [0.1, 0.15) is 30.5 Å². The summed E-state index contributed by atoms with van der Waals surface area (Å²) in [5.41, 5.74) is 2.22. The Morgan fingerprint density at radius 1 is 1.19 bits per heavy atom. The van der Waals surface area contributed by atoms with E-state index >= 15 is 0 Å². The lowest BCUT2D eigenvalue weighted by atomic mass is 9.98. The van der Waals surface area contributed by atoms with Crippen LogP contribution in [0.3, 0.4) is 0 Å². The van der Waals surface area contributed by atoms with Crippen LogP contribution in [0.2, 0.25) is 5.02 Å². The molecule has 1 atom stereocenters. The molecule has 1 unspecified atom stereocenters. The predicted octanol–water partition coefficient (Wildman–Crippen LogP) is 5.53. The second-order valence-electron chi connectivity index (χ2n) is 5.00. The van der Waals surface area contributed by atoms with Gasteiger partial charge in [-0.05, 0) is 60.8 Å². The van der Waals surface area contributed by atoms with Gasteiger partial charge in [-0.2, -0.15) is 0 Å². The Balaban J connectivity index is 2.25. The normalized spacial score (nSPS) is 12.4. The third kappa shape index (κ3) is 4.80. The number of hydrogen-bond acceptors (Lipinski definition) is 1. The Kier molecular flexibility index (Phi) is 6.22. The molecule has 0 aliphatic carbocycles. The molecule has 0 bridgehead atoms. The zero-order valence-corrected chi connectivity index (χ0v) is 14.2. The van der Waals surface area contributed by atoms with E-state index in [2.05, 4.69) is 28.2 Å². The number of rotatable bonds is 6. The molecule has 0 saturated heterocycles. The van der Waals surface area contributed by atoms with E-state index in [0.717, 1.165) is 40.0 Å². The highest BCUT2D eigenvalue weighted by molar-refractivity contribution is 9.10. The minimum atomic E-state index is -0.208. The van der Waals surface area contributed by atoms with Gasteiger partial charge in [0.2, 0.25) is 0 Å². The Hall–Kier alpha value is -0.900. The molecular weight excluding hydrogens is 353 g/mol. The lowest BCUT2D eigenvalue weighted by molar-refractivity contribution is 0.527. The van der Waals surface area contributed by atoms with Gasteiger partial charge in [-0.25, -0.2) is 4.39 Å². The fraction of sp³-hybridized carbons (Fsp3) is 0.294. The van der Waals surface area contributed by atoms with E-state index in [1.54, 1.807) is 0 Å². The van der Waals surface area contributed by atoms with Gasteiger partial charge in [0.15, 0.2) is 0 Å². The van der Waals surface area contributed by atoms with Gasteiger partial charge in [-0.3, -0.25) is 0 Å². The summed E-state index contributed by atoms with van der Waals surface area (Å²) in [6, 6.07) is 12.6. The van der Waals surface area contributed by atoms with Crippen LogP contribution < -0.4 is 5.32 Å². The van der Waals surface area contributed by atoms with Gasteiger partial charge in [0.05, 0.1) is 0 Å². The second kappa shape index (κ2) is 7.92. The zero-order valence-electron chi connectivity index (χ0n) is 11.9. The average Bonchev–Trinajstić information content (AvgIpc) is 2.48. The molecule has 0 aliphatic rings. The third-order valence-electron chi connectivity index (χ3n) is 3.33. The average molecular weight is 371 g/mol. The van der Waals surface area contributed by atoms with Crippen LogP contribution in [0, 0.1) is 5.82 Å². The van der Waals surface area contributed by atoms with Crippen molar-refractivity contribution in [1.82, 2.24) is 5.32 Å². The molecule has 0 radical (unpaired) electrons. The highest BCUT2D eigenvalue weighted by atomic mass is 79.9. The standard InChI is InChI=1S/C17H18BrClFN/c1-2-9-21-17(10-12-3-6-14(20)7-4-12)15-11-13(19)5-8-16(15)18/h3-8,11,17,21H,2,9-10H2,1H3. The molecule has 4 heteroatoms. The summed E-state index contributed by atoms with van der Waals surface area (Å²) < 4.78 is 14.1. The molecule has 2 rings (SSSR count). The smallest absolute Gasteiger partial charge is 0.123 e. The Morgan fingerprint density at radius 2 is 1.90 bits per heavy atom. The van der Waals surface area contributed by atoms with Gasteiger partial charge in [-0.1, -0.05) is 46.6 Å². The molecule has 21 heavy (non-hydrogen) atoms. The van der Waals surface area contributed by atoms with Crippen LogP contribution in [0.15, 0.2) is 46.9 Å². The van der Waals surface area contributed by atoms with Crippen LogP contribution in [-0.2, 0) is 6.42 Å². The second-order valence-corrected chi connectivity index (χ2v) is 6.29. The molecular formula is C17H18BrClFN. The maximum Gasteiger partial charge on any atom is 0.123 e. The summed E-state index contributed by atoms with van der Waals surface area (Å²) in [4.78, 5) is 0. The van der Waals surface area contributed by atoms with Gasteiger partial charge in [-0.15, -0.1) is 0 Å². The molecule has 2 aromatic rings. The number of benzene rings is 2. The number of hydrogen-bond donors (Lipinski definition) is 1. The zero-order chi connectivity index (χ0) is 15.2. The van der Waals surface area contributed by atoms with Gasteiger partial charge < -0.3 is 5.32 Å². The van der Waals surface area contributed by atoms with Crippen LogP contribution in [0.5, 0.6) is 0 Å². The SMILES string of the molecule is CCCNC(Cc1ccc(F)cc1)c1cc(Cl)ccc1Br. The van der Waals surface area contributed by atoms with Crippen molar-refractivity contribution in [3.05, 3.63) is 68.9 Å². The van der Waals surface area contributed by atoms with E-state index in [9.17, 15) is 4.39 Å². The van der Waals surface area contributed by atoms with Crippen molar-refractivity contribution >= 4 is 27.5 Å². The molecule has 112 valence electrons. The maximum absolute atomic E-state index is 13.0. The number of halogens is 3. The first-order chi connectivity index (χ1) is 10.1. The fourth-order valence-electron chi connectivity index (χ4n) is 2.25. The molecule has 0 amide bonds. The van der Waals surface area contributed by atoms with Gasteiger partial charge in [0.1, 0.15) is 5.82 Å². The van der Waals surface area contributed by atoms with Crippen molar-refractivity contribution in [3.63, 3.8) is 0 Å². The highest BCUT2D eigenvalue weighted by Gasteiger charge is 2.15. The summed E-state index contributed by atoms with van der Waals surface area (Å²) in [7, 11) is 0. The molecule has 0 aliphatic heterocycles. The Labute approximate surface area is 138 Å². The summed E-state index contributed by atoms with van der Waals surface area (Å²) in [6.45, 7) is 3.06. The summed E-state index contributed by atoms with van der Waals surface area (Å²) in [5, 5.41) is 4.25. The fourth-order valence-corrected chi connectivity index (χ4v) is 2.95. The lowest BCUT2D eigenvalue weighted by Crippen LogP contribution is -2.24. The van der Waals surface area contributed by atoms with E-state index in [-0.39, 0.29) is 11.9 Å². The first-order valence-corrected chi connectivity index (χ1v) is 8.20. The van der Waals surface area contributed by atoms with Crippen LogP contribution >= 0.6 is 27.5 Å². The van der Waals surface area contributed by atoms with Crippen molar-refractivity contribution in [2.24, 2.45) is 0 Å². The maximum atomic E-state index is 13.0. The van der Waals surface area contributed by atoms with E-state index in [1.165, 1.54) is 12.1 Å². The summed E-state index contributed by atoms with van der Waals surface area (Å²) in [6.07, 6.45) is 1.84. The first-order valence-electron chi connectivity index (χ1n) is 7.03. The minimum absolute atomic E-state index is 0.142. The van der Waals surface area contributed by atoms with Crippen molar-refractivity contribution in [1.29, 1.82) is 0 Å². The molecule has 0 heterocycles. The first kappa shape index (κ1) is 16.5. The monoisotopic (exact) mass is 369 g/mol. The minimum Gasteiger partial charge on any atom is -0.310 e. The molecule has 0 fully saturated rings. The summed E-state index contributed by atoms with van der Waals surface area (Å²) in [5.74, 6) is -0.208. The molecule has 0 saturated carbocycles. The Morgan fingerprint density at radius 3 is 2.57 bits per heavy atom. The molecule has 0 spiro atoms. The highest BCUT2D eigenvalue weighted by Crippen LogP contribution is 2.29. The van der Waals surface area contributed by atoms with E-state index in [0.29, 0.717) is 0 Å². The predicted molar refractivity (Wildman–Crippen MR) is 90.3 cm³/mol. The van der Waals surface area contributed by atoms with E-state index in [1.807, 2.05) is 30.3 Å². The molecule has 2 aromatic carbocycles. The summed E-state index contributed by atoms with van der Waals surface area (Å²) >= 11 is 9.71. The van der Waals surface area contributed by atoms with Gasteiger partial charge >= 0.3 is 0 Å². The number of nitrogens with one attached hydrogen (secondary N) is 1. The van der Waals surface area contributed by atoms with E-state index in [4.69, 9.17) is 11.6 Å². The van der Waals surface area contributed by atoms with Crippen molar-refractivity contribution in [2.45, 2.75) is 25.8 Å². The third-order valence-corrected chi connectivity index (χ3v) is 4.28. The van der Waals surface area contributed by atoms with Crippen molar-refractivity contribution in [3.8, 4) is 0 Å². The van der Waals surface area contributed by atoms with E-state index < -0.39 is 0 Å².